The van der Waals surface area contributed by atoms with Gasteiger partial charge in [0.1, 0.15) is 0 Å². The van der Waals surface area contributed by atoms with E-state index in [9.17, 15) is 0 Å². The van der Waals surface area contributed by atoms with Gasteiger partial charge in [-0.3, -0.25) is 9.80 Å². The number of hydrogen-bond donors (Lipinski definition) is 1. The van der Waals surface area contributed by atoms with Gasteiger partial charge in [-0.1, -0.05) is 0 Å². The molecule has 2 aromatic heterocycles. The van der Waals surface area contributed by atoms with E-state index in [4.69, 9.17) is 0 Å². The molecule has 25 heavy (non-hydrogen) atoms. The standard InChI is InChI=1S/C18H27N7/c1-23(2)17-19-10-14(11-20-17)12-25-8-5-18(6-9-25)16-15(21-13-22-16)4-7-24(18)3/h10-11,13H,4-9,12H2,1-3H3,(H,21,22). The minimum Gasteiger partial charge on any atom is -0.348 e. The molecular weight excluding hydrogens is 314 g/mol. The number of anilines is 1. The summed E-state index contributed by atoms with van der Waals surface area (Å²) in [4.78, 5) is 23.8. The zero-order valence-corrected chi connectivity index (χ0v) is 15.4. The van der Waals surface area contributed by atoms with Crippen molar-refractivity contribution in [1.29, 1.82) is 0 Å². The average Bonchev–Trinajstić information content (AvgIpc) is 3.10. The smallest absolute Gasteiger partial charge is 0.224 e. The first-order valence-electron chi connectivity index (χ1n) is 9.03. The molecule has 0 amide bonds. The number of piperidine rings is 1. The van der Waals surface area contributed by atoms with E-state index in [1.807, 2.05) is 37.7 Å². The topological polar surface area (TPSA) is 64.2 Å². The Hall–Kier alpha value is -1.99. The van der Waals surface area contributed by atoms with E-state index in [0.29, 0.717) is 0 Å². The fraction of sp³-hybridized carbons (Fsp3) is 0.611. The summed E-state index contributed by atoms with van der Waals surface area (Å²) in [5, 5.41) is 0. The van der Waals surface area contributed by atoms with Gasteiger partial charge in [0.05, 0.1) is 17.6 Å². The molecule has 2 aliphatic rings. The summed E-state index contributed by atoms with van der Waals surface area (Å²) in [6.07, 6.45) is 9.08. The van der Waals surface area contributed by atoms with Crippen LogP contribution in [0.5, 0.6) is 0 Å². The molecule has 1 spiro atoms. The van der Waals surface area contributed by atoms with E-state index >= 15 is 0 Å². The number of nitrogens with one attached hydrogen (secondary N) is 1. The molecule has 0 aliphatic carbocycles. The first-order valence-corrected chi connectivity index (χ1v) is 9.03. The molecule has 1 saturated heterocycles. The van der Waals surface area contributed by atoms with Crippen LogP contribution in [-0.2, 0) is 18.5 Å². The Labute approximate surface area is 149 Å². The Bertz CT molecular complexity index is 713. The minimum atomic E-state index is 0.107. The van der Waals surface area contributed by atoms with Crippen LogP contribution >= 0.6 is 0 Å². The molecule has 0 atom stereocenters. The minimum absolute atomic E-state index is 0.107. The number of fused-ring (bicyclic) bond motifs is 2. The van der Waals surface area contributed by atoms with Crippen molar-refractivity contribution < 1.29 is 0 Å². The molecule has 0 bridgehead atoms. The number of likely N-dealkylation sites (N-methyl/N-ethyl adjacent to an activating group) is 1. The maximum atomic E-state index is 4.68. The van der Waals surface area contributed by atoms with Crippen molar-refractivity contribution in [1.82, 2.24) is 29.7 Å². The van der Waals surface area contributed by atoms with E-state index in [1.165, 1.54) is 17.0 Å². The summed E-state index contributed by atoms with van der Waals surface area (Å²) in [5.41, 5.74) is 3.90. The number of rotatable bonds is 3. The van der Waals surface area contributed by atoms with Gasteiger partial charge in [0, 0.05) is 70.3 Å². The third-order valence-electron chi connectivity index (χ3n) is 5.77. The second-order valence-corrected chi connectivity index (χ2v) is 7.49. The lowest BCUT2D eigenvalue weighted by molar-refractivity contribution is 0.0221. The molecule has 0 saturated carbocycles. The second kappa shape index (κ2) is 6.38. The molecule has 0 radical (unpaired) electrons. The van der Waals surface area contributed by atoms with Crippen LogP contribution < -0.4 is 4.90 Å². The zero-order chi connectivity index (χ0) is 17.4. The third-order valence-corrected chi connectivity index (χ3v) is 5.77. The molecule has 134 valence electrons. The predicted octanol–water partition coefficient (Wildman–Crippen LogP) is 1.24. The first kappa shape index (κ1) is 16.5. The van der Waals surface area contributed by atoms with Gasteiger partial charge >= 0.3 is 0 Å². The van der Waals surface area contributed by atoms with Gasteiger partial charge in [0.15, 0.2) is 0 Å². The Balaban J connectivity index is 1.43. The number of H-pyrrole nitrogens is 1. The molecule has 4 rings (SSSR count). The monoisotopic (exact) mass is 341 g/mol. The molecule has 1 N–H and O–H groups in total. The van der Waals surface area contributed by atoms with Gasteiger partial charge in [-0.15, -0.1) is 0 Å². The van der Waals surface area contributed by atoms with Gasteiger partial charge in [-0.25, -0.2) is 15.0 Å². The number of likely N-dealkylation sites (tertiary alicyclic amines) is 1. The summed E-state index contributed by atoms with van der Waals surface area (Å²) in [5.74, 6) is 0.760. The Morgan fingerprint density at radius 1 is 1.12 bits per heavy atom. The van der Waals surface area contributed by atoms with E-state index in [-0.39, 0.29) is 5.54 Å². The van der Waals surface area contributed by atoms with E-state index < -0.39 is 0 Å². The molecule has 7 nitrogen and oxygen atoms in total. The van der Waals surface area contributed by atoms with Gasteiger partial charge in [-0.05, 0) is 19.9 Å². The van der Waals surface area contributed by atoms with Gasteiger partial charge < -0.3 is 9.88 Å². The van der Waals surface area contributed by atoms with Crippen LogP contribution in [0.1, 0.15) is 29.8 Å². The quantitative estimate of drug-likeness (QED) is 0.906. The molecular formula is C18H27N7. The number of aromatic amines is 1. The number of imidazole rings is 1. The normalized spacial score (nSPS) is 20.6. The first-order chi connectivity index (χ1) is 12.1. The van der Waals surface area contributed by atoms with E-state index in [1.54, 1.807) is 0 Å². The molecule has 1 fully saturated rings. The van der Waals surface area contributed by atoms with Gasteiger partial charge in [0.2, 0.25) is 5.95 Å². The highest BCUT2D eigenvalue weighted by Gasteiger charge is 2.44. The lowest BCUT2D eigenvalue weighted by Gasteiger charge is -2.49. The van der Waals surface area contributed by atoms with Crippen molar-refractivity contribution in [2.24, 2.45) is 0 Å². The fourth-order valence-corrected chi connectivity index (χ4v) is 4.21. The summed E-state index contributed by atoms with van der Waals surface area (Å²) < 4.78 is 0. The highest BCUT2D eigenvalue weighted by Crippen LogP contribution is 2.41. The SMILES string of the molecule is CN(C)c1ncc(CN2CCC3(CC2)c2nc[nH]c2CCN3C)cn1. The molecule has 2 aromatic rings. The van der Waals surface area contributed by atoms with Crippen molar-refractivity contribution >= 4 is 5.95 Å². The third kappa shape index (κ3) is 2.91. The lowest BCUT2D eigenvalue weighted by Crippen LogP contribution is -2.54. The predicted molar refractivity (Wildman–Crippen MR) is 97.5 cm³/mol. The van der Waals surface area contributed by atoms with Crippen molar-refractivity contribution in [3.8, 4) is 0 Å². The number of nitrogens with zero attached hydrogens (tertiary/aromatic N) is 6. The second-order valence-electron chi connectivity index (χ2n) is 7.49. The summed E-state index contributed by atoms with van der Waals surface area (Å²) in [6, 6.07) is 0. The van der Waals surface area contributed by atoms with Crippen LogP contribution in [-0.4, -0.2) is 70.5 Å². The van der Waals surface area contributed by atoms with Crippen LogP contribution in [0.4, 0.5) is 5.95 Å². The number of aromatic nitrogens is 4. The highest BCUT2D eigenvalue weighted by atomic mass is 15.2. The van der Waals surface area contributed by atoms with Crippen molar-refractivity contribution in [2.45, 2.75) is 31.3 Å². The van der Waals surface area contributed by atoms with E-state index in [0.717, 1.165) is 51.4 Å². The highest BCUT2D eigenvalue weighted by molar-refractivity contribution is 5.28. The summed E-state index contributed by atoms with van der Waals surface area (Å²) in [7, 11) is 6.17. The van der Waals surface area contributed by atoms with Gasteiger partial charge in [0.25, 0.3) is 0 Å². The number of hydrogen-bond acceptors (Lipinski definition) is 6. The molecule has 4 heterocycles. The van der Waals surface area contributed by atoms with Crippen molar-refractivity contribution in [3.05, 3.63) is 35.7 Å². The van der Waals surface area contributed by atoms with Gasteiger partial charge in [-0.2, -0.15) is 0 Å². The lowest BCUT2D eigenvalue weighted by atomic mass is 9.79. The van der Waals surface area contributed by atoms with Crippen LogP contribution in [0.25, 0.3) is 0 Å². The van der Waals surface area contributed by atoms with Crippen LogP contribution in [0.3, 0.4) is 0 Å². The Morgan fingerprint density at radius 2 is 1.84 bits per heavy atom. The van der Waals surface area contributed by atoms with Crippen molar-refractivity contribution in [2.75, 3.05) is 45.7 Å². The summed E-state index contributed by atoms with van der Waals surface area (Å²) >= 11 is 0. The molecule has 0 aromatic carbocycles. The largest absolute Gasteiger partial charge is 0.348 e. The Morgan fingerprint density at radius 3 is 2.52 bits per heavy atom. The van der Waals surface area contributed by atoms with E-state index in [2.05, 4.69) is 36.8 Å². The fourth-order valence-electron chi connectivity index (χ4n) is 4.21. The average molecular weight is 341 g/mol. The maximum Gasteiger partial charge on any atom is 0.224 e. The summed E-state index contributed by atoms with van der Waals surface area (Å²) in [6.45, 7) is 4.17. The van der Waals surface area contributed by atoms with Crippen molar-refractivity contribution in [3.63, 3.8) is 0 Å². The molecule has 7 heteroatoms. The van der Waals surface area contributed by atoms with Crippen LogP contribution in [0.15, 0.2) is 18.7 Å². The van der Waals surface area contributed by atoms with Crippen LogP contribution in [0.2, 0.25) is 0 Å². The molecule has 0 unspecified atom stereocenters. The zero-order valence-electron chi connectivity index (χ0n) is 15.4. The Kier molecular flexibility index (Phi) is 4.21. The maximum absolute atomic E-state index is 4.68. The molecule has 2 aliphatic heterocycles. The van der Waals surface area contributed by atoms with Crippen LogP contribution in [0, 0.1) is 0 Å².